The fourth-order valence-electron chi connectivity index (χ4n) is 2.68. The summed E-state index contributed by atoms with van der Waals surface area (Å²) in [5.74, 6) is 0.473. The van der Waals surface area contributed by atoms with E-state index in [1.54, 1.807) is 10.4 Å². The van der Waals surface area contributed by atoms with Gasteiger partial charge in [-0.05, 0) is 38.3 Å². The summed E-state index contributed by atoms with van der Waals surface area (Å²) in [5, 5.41) is 0. The van der Waals surface area contributed by atoms with Crippen LogP contribution in [0.4, 0.5) is 0 Å². The van der Waals surface area contributed by atoms with E-state index in [1.807, 2.05) is 26.0 Å². The van der Waals surface area contributed by atoms with Gasteiger partial charge in [-0.2, -0.15) is 4.31 Å². The van der Waals surface area contributed by atoms with Crippen LogP contribution < -0.4 is 0 Å². The van der Waals surface area contributed by atoms with E-state index in [0.717, 1.165) is 24.0 Å². The molecule has 21 heavy (non-hydrogen) atoms. The third kappa shape index (κ3) is 3.97. The summed E-state index contributed by atoms with van der Waals surface area (Å²) in [6, 6.07) is 5.45. The SMILES string of the molecule is Cc1ccc(S(=O)(=O)N2CCC(OCCCl)CC2)c(C)c1. The second kappa shape index (κ2) is 7.09. The third-order valence-corrected chi connectivity index (χ3v) is 5.99. The Morgan fingerprint density at radius 1 is 1.29 bits per heavy atom. The number of sulfonamides is 1. The summed E-state index contributed by atoms with van der Waals surface area (Å²) in [6.07, 6.45) is 1.57. The Bertz CT molecular complexity index is 581. The average molecular weight is 332 g/mol. The molecule has 118 valence electrons. The molecule has 0 atom stereocenters. The Hall–Kier alpha value is -0.620. The second-order valence-electron chi connectivity index (χ2n) is 5.43. The molecular weight excluding hydrogens is 310 g/mol. The molecule has 1 heterocycles. The van der Waals surface area contributed by atoms with Crippen LogP contribution in [0.3, 0.4) is 0 Å². The number of rotatable bonds is 5. The van der Waals surface area contributed by atoms with E-state index >= 15 is 0 Å². The van der Waals surface area contributed by atoms with Gasteiger partial charge in [0.2, 0.25) is 10.0 Å². The highest BCUT2D eigenvalue weighted by Gasteiger charge is 2.30. The number of benzene rings is 1. The van der Waals surface area contributed by atoms with Crippen molar-refractivity contribution in [1.82, 2.24) is 4.31 Å². The Kier molecular flexibility index (Phi) is 5.66. The molecule has 0 saturated carbocycles. The van der Waals surface area contributed by atoms with Crippen LogP contribution in [0, 0.1) is 13.8 Å². The maximum absolute atomic E-state index is 12.7. The van der Waals surface area contributed by atoms with Crippen LogP contribution >= 0.6 is 11.6 Å². The highest BCUT2D eigenvalue weighted by atomic mass is 35.5. The van der Waals surface area contributed by atoms with E-state index in [0.29, 0.717) is 30.5 Å². The fraction of sp³-hybridized carbons (Fsp3) is 0.600. The summed E-state index contributed by atoms with van der Waals surface area (Å²) in [5.41, 5.74) is 1.87. The highest BCUT2D eigenvalue weighted by Crippen LogP contribution is 2.24. The molecule has 0 spiro atoms. The topological polar surface area (TPSA) is 46.6 Å². The normalized spacial score (nSPS) is 18.0. The minimum absolute atomic E-state index is 0.120. The zero-order chi connectivity index (χ0) is 15.5. The maximum Gasteiger partial charge on any atom is 0.243 e. The van der Waals surface area contributed by atoms with Crippen LogP contribution in [0.1, 0.15) is 24.0 Å². The van der Waals surface area contributed by atoms with Gasteiger partial charge in [-0.1, -0.05) is 17.7 Å². The fourth-order valence-corrected chi connectivity index (χ4v) is 4.44. The highest BCUT2D eigenvalue weighted by molar-refractivity contribution is 7.89. The maximum atomic E-state index is 12.7. The molecule has 0 bridgehead atoms. The van der Waals surface area contributed by atoms with Crippen molar-refractivity contribution >= 4 is 21.6 Å². The third-order valence-electron chi connectivity index (χ3n) is 3.78. The summed E-state index contributed by atoms with van der Waals surface area (Å²) in [4.78, 5) is 0.410. The first kappa shape index (κ1) is 16.7. The summed E-state index contributed by atoms with van der Waals surface area (Å²) in [7, 11) is -3.40. The van der Waals surface area contributed by atoms with Gasteiger partial charge in [0.15, 0.2) is 0 Å². The Labute approximate surface area is 132 Å². The van der Waals surface area contributed by atoms with Gasteiger partial charge in [0, 0.05) is 19.0 Å². The van der Waals surface area contributed by atoms with E-state index in [9.17, 15) is 8.42 Å². The average Bonchev–Trinajstić information content (AvgIpc) is 2.45. The van der Waals surface area contributed by atoms with Gasteiger partial charge in [0.05, 0.1) is 17.6 Å². The van der Waals surface area contributed by atoms with Crippen LogP contribution in [0.25, 0.3) is 0 Å². The predicted molar refractivity (Wildman–Crippen MR) is 84.4 cm³/mol. The zero-order valence-corrected chi connectivity index (χ0v) is 14.1. The van der Waals surface area contributed by atoms with Crippen LogP contribution in [0.15, 0.2) is 23.1 Å². The molecule has 1 aliphatic heterocycles. The monoisotopic (exact) mass is 331 g/mol. The van der Waals surface area contributed by atoms with Gasteiger partial charge in [-0.15, -0.1) is 11.6 Å². The van der Waals surface area contributed by atoms with Crippen LogP contribution in [-0.2, 0) is 14.8 Å². The summed E-state index contributed by atoms with van der Waals surface area (Å²) in [6.45, 7) is 5.33. The van der Waals surface area contributed by atoms with Crippen molar-refractivity contribution in [2.45, 2.75) is 37.7 Å². The van der Waals surface area contributed by atoms with E-state index in [-0.39, 0.29) is 6.10 Å². The van der Waals surface area contributed by atoms with Crippen LogP contribution in [-0.4, -0.2) is 44.4 Å². The van der Waals surface area contributed by atoms with Crippen molar-refractivity contribution in [1.29, 1.82) is 0 Å². The molecule has 1 aliphatic rings. The molecule has 0 unspecified atom stereocenters. The van der Waals surface area contributed by atoms with Crippen molar-refractivity contribution < 1.29 is 13.2 Å². The molecule has 0 aromatic heterocycles. The number of halogens is 1. The lowest BCUT2D eigenvalue weighted by Gasteiger charge is -2.31. The van der Waals surface area contributed by atoms with Crippen molar-refractivity contribution in [2.24, 2.45) is 0 Å². The smallest absolute Gasteiger partial charge is 0.243 e. The minimum Gasteiger partial charge on any atom is -0.377 e. The van der Waals surface area contributed by atoms with Gasteiger partial charge in [-0.25, -0.2) is 8.42 Å². The summed E-state index contributed by atoms with van der Waals surface area (Å²) >= 11 is 5.60. The molecule has 0 N–H and O–H groups in total. The quantitative estimate of drug-likeness (QED) is 0.779. The Balaban J connectivity index is 2.08. The molecular formula is C15H22ClNO3S. The minimum atomic E-state index is -3.40. The van der Waals surface area contributed by atoms with Gasteiger partial charge in [0.25, 0.3) is 0 Å². The van der Waals surface area contributed by atoms with E-state index in [4.69, 9.17) is 16.3 Å². The molecule has 1 aromatic carbocycles. The van der Waals surface area contributed by atoms with E-state index in [2.05, 4.69) is 0 Å². The number of ether oxygens (including phenoxy) is 1. The number of piperidine rings is 1. The number of alkyl halides is 1. The number of hydrogen-bond acceptors (Lipinski definition) is 3. The van der Waals surface area contributed by atoms with Crippen LogP contribution in [0.5, 0.6) is 0 Å². The molecule has 0 radical (unpaired) electrons. The first-order valence-corrected chi connectivity index (χ1v) is 9.17. The van der Waals surface area contributed by atoms with Crippen molar-refractivity contribution in [3.8, 4) is 0 Å². The molecule has 0 amide bonds. The second-order valence-corrected chi connectivity index (χ2v) is 7.72. The molecule has 1 fully saturated rings. The summed E-state index contributed by atoms with van der Waals surface area (Å²) < 4.78 is 32.6. The van der Waals surface area contributed by atoms with Crippen molar-refractivity contribution in [2.75, 3.05) is 25.6 Å². The Morgan fingerprint density at radius 3 is 2.52 bits per heavy atom. The molecule has 4 nitrogen and oxygen atoms in total. The number of hydrogen-bond donors (Lipinski definition) is 0. The lowest BCUT2D eigenvalue weighted by atomic mass is 10.1. The predicted octanol–water partition coefficient (Wildman–Crippen LogP) is 2.71. The standard InChI is InChI=1S/C15H22ClNO3S/c1-12-3-4-15(13(2)11-12)21(18,19)17-8-5-14(6-9-17)20-10-7-16/h3-4,11,14H,5-10H2,1-2H3. The first-order chi connectivity index (χ1) is 9.95. The Morgan fingerprint density at radius 2 is 1.95 bits per heavy atom. The van der Waals surface area contributed by atoms with Gasteiger partial charge in [-0.3, -0.25) is 0 Å². The van der Waals surface area contributed by atoms with Crippen LogP contribution in [0.2, 0.25) is 0 Å². The van der Waals surface area contributed by atoms with Crippen molar-refractivity contribution in [3.05, 3.63) is 29.3 Å². The van der Waals surface area contributed by atoms with E-state index in [1.165, 1.54) is 0 Å². The number of aryl methyl sites for hydroxylation is 2. The lowest BCUT2D eigenvalue weighted by Crippen LogP contribution is -2.41. The first-order valence-electron chi connectivity index (χ1n) is 7.20. The van der Waals surface area contributed by atoms with Gasteiger partial charge >= 0.3 is 0 Å². The molecule has 6 heteroatoms. The van der Waals surface area contributed by atoms with Gasteiger partial charge < -0.3 is 4.74 Å². The lowest BCUT2D eigenvalue weighted by molar-refractivity contribution is 0.0301. The molecule has 0 aliphatic carbocycles. The van der Waals surface area contributed by atoms with Crippen molar-refractivity contribution in [3.63, 3.8) is 0 Å². The zero-order valence-electron chi connectivity index (χ0n) is 12.5. The van der Waals surface area contributed by atoms with E-state index < -0.39 is 10.0 Å². The van der Waals surface area contributed by atoms with Gasteiger partial charge in [0.1, 0.15) is 0 Å². The molecule has 1 saturated heterocycles. The molecule has 1 aromatic rings. The largest absolute Gasteiger partial charge is 0.377 e. The molecule has 2 rings (SSSR count). The number of nitrogens with zero attached hydrogens (tertiary/aromatic N) is 1.